The van der Waals surface area contributed by atoms with Gasteiger partial charge in [-0.15, -0.1) is 0 Å². The largest absolute Gasteiger partial charge is 0.465 e. The van der Waals surface area contributed by atoms with Gasteiger partial charge in [-0.05, 0) is 51.9 Å². The Kier molecular flexibility index (Phi) is 4.61. The molecule has 1 amide bonds. The molecule has 1 aromatic rings. The maximum absolute atomic E-state index is 11.6. The van der Waals surface area contributed by atoms with E-state index >= 15 is 0 Å². The zero-order valence-electron chi connectivity index (χ0n) is 11.7. The second kappa shape index (κ2) is 6.21. The molecule has 1 saturated heterocycles. The van der Waals surface area contributed by atoms with Crippen molar-refractivity contribution in [3.05, 3.63) is 23.7 Å². The van der Waals surface area contributed by atoms with Crippen molar-refractivity contribution in [1.29, 1.82) is 0 Å². The fraction of sp³-hybridized carbons (Fsp3) is 0.643. The molecule has 2 atom stereocenters. The van der Waals surface area contributed by atoms with Crippen LogP contribution in [-0.4, -0.2) is 36.5 Å². The van der Waals surface area contributed by atoms with E-state index in [0.717, 1.165) is 24.6 Å². The number of aryl methyl sites for hydroxylation is 1. The smallest absolute Gasteiger partial charge is 0.236 e. The Morgan fingerprint density at radius 3 is 2.68 bits per heavy atom. The Labute approximate surface area is 114 Å². The molecule has 106 valence electrons. The Bertz CT molecular complexity index is 422. The molecule has 0 saturated carbocycles. The first-order valence-corrected chi connectivity index (χ1v) is 6.91. The number of rotatable bonds is 5. The number of carbonyl (C=O) groups is 1. The van der Waals surface area contributed by atoms with E-state index in [9.17, 15) is 4.79 Å². The van der Waals surface area contributed by atoms with Crippen molar-refractivity contribution in [3.63, 3.8) is 0 Å². The molecule has 3 N–H and O–H groups in total. The molecule has 19 heavy (non-hydrogen) atoms. The number of carbonyl (C=O) groups excluding carboxylic acids is 1. The predicted octanol–water partition coefficient (Wildman–Crippen LogP) is 1.19. The summed E-state index contributed by atoms with van der Waals surface area (Å²) in [5.41, 5.74) is 5.57. The zero-order valence-corrected chi connectivity index (χ0v) is 11.7. The first kappa shape index (κ1) is 14.1. The molecule has 0 aliphatic carbocycles. The third kappa shape index (κ3) is 3.58. The van der Waals surface area contributed by atoms with E-state index in [2.05, 4.69) is 10.2 Å². The number of likely N-dealkylation sites (tertiary alicyclic amines) is 1. The maximum atomic E-state index is 11.6. The number of hydrogen-bond donors (Lipinski definition) is 2. The Hall–Kier alpha value is -1.33. The van der Waals surface area contributed by atoms with Gasteiger partial charge >= 0.3 is 0 Å². The van der Waals surface area contributed by atoms with Crippen LogP contribution < -0.4 is 11.1 Å². The third-order valence-corrected chi connectivity index (χ3v) is 3.55. The fourth-order valence-electron chi connectivity index (χ4n) is 2.45. The molecule has 0 bridgehead atoms. The van der Waals surface area contributed by atoms with E-state index in [4.69, 9.17) is 10.2 Å². The van der Waals surface area contributed by atoms with Gasteiger partial charge in [-0.2, -0.15) is 0 Å². The molecule has 0 aromatic carbocycles. The lowest BCUT2D eigenvalue weighted by molar-refractivity contribution is -0.122. The first-order chi connectivity index (χ1) is 9.08. The summed E-state index contributed by atoms with van der Waals surface area (Å²) < 4.78 is 5.73. The van der Waals surface area contributed by atoms with Crippen LogP contribution in [0.3, 0.4) is 0 Å². The monoisotopic (exact) mass is 265 g/mol. The van der Waals surface area contributed by atoms with E-state index in [1.54, 1.807) is 6.92 Å². The minimum Gasteiger partial charge on any atom is -0.465 e. The van der Waals surface area contributed by atoms with Crippen molar-refractivity contribution < 1.29 is 9.21 Å². The van der Waals surface area contributed by atoms with Gasteiger partial charge in [0.1, 0.15) is 11.5 Å². The van der Waals surface area contributed by atoms with Crippen LogP contribution >= 0.6 is 0 Å². The summed E-state index contributed by atoms with van der Waals surface area (Å²) in [5.74, 6) is 1.70. The van der Waals surface area contributed by atoms with E-state index in [0.29, 0.717) is 6.54 Å². The van der Waals surface area contributed by atoms with Crippen LogP contribution in [0.2, 0.25) is 0 Å². The van der Waals surface area contributed by atoms with Crippen LogP contribution in [-0.2, 0) is 4.79 Å². The Morgan fingerprint density at radius 2 is 2.16 bits per heavy atom. The number of nitrogens with one attached hydrogen (secondary N) is 1. The zero-order chi connectivity index (χ0) is 13.8. The topological polar surface area (TPSA) is 71.5 Å². The number of furan rings is 1. The SMILES string of the molecule is Cc1ccc(C(CNC(=O)[C@@H](C)N)N2CCCC2)o1. The van der Waals surface area contributed by atoms with Crippen molar-refractivity contribution in [2.75, 3.05) is 19.6 Å². The van der Waals surface area contributed by atoms with Gasteiger partial charge in [0, 0.05) is 6.54 Å². The summed E-state index contributed by atoms with van der Waals surface area (Å²) in [7, 11) is 0. The van der Waals surface area contributed by atoms with Crippen molar-refractivity contribution in [2.45, 2.75) is 38.8 Å². The van der Waals surface area contributed by atoms with Crippen LogP contribution in [0.25, 0.3) is 0 Å². The van der Waals surface area contributed by atoms with Crippen LogP contribution in [0.15, 0.2) is 16.5 Å². The molecule has 5 heteroatoms. The summed E-state index contributed by atoms with van der Waals surface area (Å²) >= 11 is 0. The highest BCUT2D eigenvalue weighted by Crippen LogP contribution is 2.26. The molecule has 1 fully saturated rings. The molecule has 1 aliphatic rings. The summed E-state index contributed by atoms with van der Waals surface area (Å²) in [6, 6.07) is 3.60. The molecule has 0 spiro atoms. The summed E-state index contributed by atoms with van der Waals surface area (Å²) in [6.45, 7) is 6.28. The first-order valence-electron chi connectivity index (χ1n) is 6.91. The number of hydrogen-bond acceptors (Lipinski definition) is 4. The normalized spacial score (nSPS) is 19.3. The van der Waals surface area contributed by atoms with Gasteiger partial charge in [0.05, 0.1) is 12.1 Å². The van der Waals surface area contributed by atoms with Crippen LogP contribution in [0.5, 0.6) is 0 Å². The van der Waals surface area contributed by atoms with Crippen molar-refractivity contribution >= 4 is 5.91 Å². The molecule has 1 unspecified atom stereocenters. The van der Waals surface area contributed by atoms with Gasteiger partial charge in [-0.1, -0.05) is 0 Å². The van der Waals surface area contributed by atoms with Crippen molar-refractivity contribution in [3.8, 4) is 0 Å². The lowest BCUT2D eigenvalue weighted by Crippen LogP contribution is -2.43. The Morgan fingerprint density at radius 1 is 1.47 bits per heavy atom. The predicted molar refractivity (Wildman–Crippen MR) is 73.7 cm³/mol. The van der Waals surface area contributed by atoms with E-state index in [1.807, 2.05) is 19.1 Å². The van der Waals surface area contributed by atoms with Gasteiger partial charge in [0.2, 0.25) is 5.91 Å². The molecule has 1 aliphatic heterocycles. The lowest BCUT2D eigenvalue weighted by Gasteiger charge is -2.26. The van der Waals surface area contributed by atoms with E-state index in [1.165, 1.54) is 12.8 Å². The quantitative estimate of drug-likeness (QED) is 0.839. The second-order valence-corrected chi connectivity index (χ2v) is 5.24. The maximum Gasteiger partial charge on any atom is 0.236 e. The van der Waals surface area contributed by atoms with Gasteiger partial charge < -0.3 is 15.5 Å². The van der Waals surface area contributed by atoms with Crippen LogP contribution in [0.1, 0.15) is 37.3 Å². The highest BCUT2D eigenvalue weighted by molar-refractivity contribution is 5.80. The summed E-state index contributed by atoms with van der Waals surface area (Å²) in [6.07, 6.45) is 2.41. The molecular weight excluding hydrogens is 242 g/mol. The average molecular weight is 265 g/mol. The lowest BCUT2D eigenvalue weighted by atomic mass is 10.2. The van der Waals surface area contributed by atoms with E-state index in [-0.39, 0.29) is 11.9 Å². The van der Waals surface area contributed by atoms with Crippen molar-refractivity contribution in [2.24, 2.45) is 5.73 Å². The second-order valence-electron chi connectivity index (χ2n) is 5.24. The van der Waals surface area contributed by atoms with Gasteiger partial charge in [0.25, 0.3) is 0 Å². The molecule has 2 heterocycles. The van der Waals surface area contributed by atoms with Gasteiger partial charge in [-0.3, -0.25) is 9.69 Å². The highest BCUT2D eigenvalue weighted by atomic mass is 16.3. The molecule has 2 rings (SSSR count). The molecule has 1 aromatic heterocycles. The highest BCUT2D eigenvalue weighted by Gasteiger charge is 2.26. The van der Waals surface area contributed by atoms with Crippen molar-refractivity contribution in [1.82, 2.24) is 10.2 Å². The average Bonchev–Trinajstić information content (AvgIpc) is 3.01. The van der Waals surface area contributed by atoms with E-state index < -0.39 is 6.04 Å². The molecule has 5 nitrogen and oxygen atoms in total. The number of nitrogens with zero attached hydrogens (tertiary/aromatic N) is 1. The van der Waals surface area contributed by atoms with Crippen LogP contribution in [0, 0.1) is 6.92 Å². The number of nitrogens with two attached hydrogens (primary N) is 1. The number of amides is 1. The van der Waals surface area contributed by atoms with Gasteiger partial charge in [0.15, 0.2) is 0 Å². The molecule has 0 radical (unpaired) electrons. The minimum atomic E-state index is -0.474. The standard InChI is InChI=1S/C14H23N3O2/c1-10-5-6-13(19-10)12(17-7-3-4-8-17)9-16-14(18)11(2)15/h5-6,11-12H,3-4,7-9,15H2,1-2H3,(H,16,18)/t11-,12?/m1/s1. The fourth-order valence-corrected chi connectivity index (χ4v) is 2.45. The van der Waals surface area contributed by atoms with Gasteiger partial charge in [-0.25, -0.2) is 0 Å². The van der Waals surface area contributed by atoms with Crippen LogP contribution in [0.4, 0.5) is 0 Å². The minimum absolute atomic E-state index is 0.110. The Balaban J connectivity index is 2.04. The molecular formula is C14H23N3O2. The third-order valence-electron chi connectivity index (χ3n) is 3.55. The summed E-state index contributed by atoms with van der Waals surface area (Å²) in [5, 5.41) is 2.90. The summed E-state index contributed by atoms with van der Waals surface area (Å²) in [4.78, 5) is 14.0.